The van der Waals surface area contributed by atoms with Crippen molar-refractivity contribution in [1.82, 2.24) is 4.98 Å². The van der Waals surface area contributed by atoms with Crippen LogP contribution in [0.4, 0.5) is 5.82 Å². The molecule has 1 aliphatic rings. The molecule has 0 fully saturated rings. The lowest BCUT2D eigenvalue weighted by molar-refractivity contribution is -0.116. The van der Waals surface area contributed by atoms with Crippen molar-refractivity contribution in [1.29, 1.82) is 0 Å². The first-order valence-corrected chi connectivity index (χ1v) is 4.50. The molecule has 1 aromatic rings. The van der Waals surface area contributed by atoms with E-state index in [2.05, 4.69) is 15.4 Å². The number of aromatic nitrogens is 1. The number of carbonyl (C=O) groups is 1. The molecule has 1 amide bonds. The maximum atomic E-state index is 11.0. The smallest absolute Gasteiger partial charge is 0.425 e. The van der Waals surface area contributed by atoms with Gasteiger partial charge < -0.3 is 10.3 Å². The molecule has 1 aromatic heterocycles. The summed E-state index contributed by atoms with van der Waals surface area (Å²) in [5, 5.41) is 14.3. The van der Waals surface area contributed by atoms with Crippen molar-refractivity contribution in [2.45, 2.75) is 12.8 Å². The molecule has 15 heavy (non-hydrogen) atoms. The molecule has 2 heterocycles. The summed E-state index contributed by atoms with van der Waals surface area (Å²) in [5.74, 6) is 0.421. The summed E-state index contributed by atoms with van der Waals surface area (Å²) in [7, 11) is -1.39. The highest BCUT2D eigenvalue weighted by Gasteiger charge is 2.21. The van der Waals surface area contributed by atoms with Gasteiger partial charge in [-0.05, 0) is 17.4 Å². The molecule has 2 N–H and O–H groups in total. The summed E-state index contributed by atoms with van der Waals surface area (Å²) in [6.45, 7) is 0. The predicted octanol–water partition coefficient (Wildman–Crippen LogP) is -0.580. The van der Waals surface area contributed by atoms with Crippen LogP contribution in [0.25, 0.3) is 0 Å². The highest BCUT2D eigenvalue weighted by molar-refractivity contribution is 6.64. The van der Waals surface area contributed by atoms with Gasteiger partial charge in [0.05, 0.1) is 0 Å². The molecular formula is C8H8BN3O3. The Labute approximate surface area is 85.8 Å². The number of pyridine rings is 1. The van der Waals surface area contributed by atoms with Crippen LogP contribution in [0.15, 0.2) is 17.4 Å². The lowest BCUT2D eigenvalue weighted by Crippen LogP contribution is -2.30. The van der Waals surface area contributed by atoms with Crippen molar-refractivity contribution in [3.05, 3.63) is 22.7 Å². The minimum absolute atomic E-state index is 0.0724. The van der Waals surface area contributed by atoms with Gasteiger partial charge in [-0.15, -0.1) is 0 Å². The van der Waals surface area contributed by atoms with Gasteiger partial charge in [-0.2, -0.15) is 4.91 Å². The van der Waals surface area contributed by atoms with Crippen molar-refractivity contribution in [2.75, 3.05) is 5.32 Å². The van der Waals surface area contributed by atoms with Gasteiger partial charge in [0.2, 0.25) is 5.91 Å². The maximum Gasteiger partial charge on any atom is 0.519 e. The second kappa shape index (κ2) is 3.78. The first-order chi connectivity index (χ1) is 7.20. The second-order valence-electron chi connectivity index (χ2n) is 3.30. The fraction of sp³-hybridized carbons (Fsp3) is 0.250. The van der Waals surface area contributed by atoms with E-state index in [1.54, 1.807) is 6.07 Å². The summed E-state index contributed by atoms with van der Waals surface area (Å²) < 4.78 is 0. The molecule has 0 saturated heterocycles. The van der Waals surface area contributed by atoms with Crippen LogP contribution in [0.5, 0.6) is 0 Å². The number of nitrogens with zero attached hydrogens (tertiary/aromatic N) is 2. The van der Waals surface area contributed by atoms with Crippen molar-refractivity contribution in [2.24, 2.45) is 5.09 Å². The number of fused-ring (bicyclic) bond motifs is 1. The molecule has 0 unspecified atom stereocenters. The van der Waals surface area contributed by atoms with Crippen LogP contribution in [-0.4, -0.2) is 23.0 Å². The SMILES string of the molecule is O=NB(O)c1cnc2c(c1)CCC(=O)N2. The van der Waals surface area contributed by atoms with Gasteiger partial charge in [0.1, 0.15) is 5.82 Å². The molecule has 0 bridgehead atoms. The minimum atomic E-state index is -1.39. The summed E-state index contributed by atoms with van der Waals surface area (Å²) in [6, 6.07) is 1.63. The zero-order chi connectivity index (χ0) is 10.8. The largest absolute Gasteiger partial charge is 0.519 e. The molecule has 0 atom stereocenters. The van der Waals surface area contributed by atoms with Crippen molar-refractivity contribution in [3.8, 4) is 0 Å². The lowest BCUT2D eigenvalue weighted by Gasteiger charge is -2.15. The van der Waals surface area contributed by atoms with Gasteiger partial charge in [0.15, 0.2) is 0 Å². The van der Waals surface area contributed by atoms with Gasteiger partial charge in [0.25, 0.3) is 0 Å². The third-order valence-electron chi connectivity index (χ3n) is 2.26. The number of hydrogen-bond donors (Lipinski definition) is 2. The first-order valence-electron chi connectivity index (χ1n) is 4.50. The summed E-state index contributed by atoms with van der Waals surface area (Å²) in [6.07, 6.45) is 2.28. The summed E-state index contributed by atoms with van der Waals surface area (Å²) >= 11 is 0. The average Bonchev–Trinajstić information content (AvgIpc) is 2.27. The Morgan fingerprint density at radius 2 is 2.33 bits per heavy atom. The number of carbonyl (C=O) groups excluding carboxylic acids is 1. The second-order valence-corrected chi connectivity index (χ2v) is 3.30. The van der Waals surface area contributed by atoms with E-state index in [9.17, 15) is 14.7 Å². The summed E-state index contributed by atoms with van der Waals surface area (Å²) in [4.78, 5) is 25.1. The summed E-state index contributed by atoms with van der Waals surface area (Å²) in [5.41, 5.74) is 1.16. The number of hydrogen-bond acceptors (Lipinski definition) is 5. The van der Waals surface area contributed by atoms with E-state index in [-0.39, 0.29) is 5.91 Å². The Morgan fingerprint density at radius 1 is 1.53 bits per heavy atom. The Hall–Kier alpha value is -1.76. The molecule has 0 saturated carbocycles. The molecule has 0 radical (unpaired) electrons. The van der Waals surface area contributed by atoms with E-state index in [4.69, 9.17) is 0 Å². The van der Waals surface area contributed by atoms with E-state index in [1.807, 2.05) is 0 Å². The fourth-order valence-electron chi connectivity index (χ4n) is 1.48. The predicted molar refractivity (Wildman–Crippen MR) is 54.6 cm³/mol. The zero-order valence-corrected chi connectivity index (χ0v) is 7.80. The Bertz CT molecular complexity index is 424. The first kappa shape index (κ1) is 9.79. The third kappa shape index (κ3) is 1.87. The minimum Gasteiger partial charge on any atom is -0.425 e. The number of aryl methyl sites for hydroxylation is 1. The van der Waals surface area contributed by atoms with E-state index >= 15 is 0 Å². The van der Waals surface area contributed by atoms with Crippen LogP contribution in [-0.2, 0) is 11.2 Å². The van der Waals surface area contributed by atoms with Crippen LogP contribution in [0.3, 0.4) is 0 Å². The fourth-order valence-corrected chi connectivity index (χ4v) is 1.48. The van der Waals surface area contributed by atoms with Crippen molar-refractivity contribution in [3.63, 3.8) is 0 Å². The standard InChI is InChI=1S/C8H8BN3O3/c13-7-2-1-5-3-6(9(14)12-15)4-10-8(5)11-7/h3-4,14H,1-2H2,(H,10,11,13). The quantitative estimate of drug-likeness (QED) is 0.499. The van der Waals surface area contributed by atoms with Crippen molar-refractivity contribution < 1.29 is 9.82 Å². The molecular weight excluding hydrogens is 197 g/mol. The number of rotatable bonds is 2. The lowest BCUT2D eigenvalue weighted by atomic mass is 9.76. The van der Waals surface area contributed by atoms with Crippen LogP contribution < -0.4 is 10.8 Å². The zero-order valence-electron chi connectivity index (χ0n) is 7.80. The normalized spacial score (nSPS) is 14.1. The topological polar surface area (TPSA) is 91.7 Å². The molecule has 7 heteroatoms. The number of anilines is 1. The molecule has 76 valence electrons. The Morgan fingerprint density at radius 3 is 3.07 bits per heavy atom. The van der Waals surface area contributed by atoms with Crippen LogP contribution in [0, 0.1) is 4.91 Å². The highest BCUT2D eigenvalue weighted by atomic mass is 16.3. The van der Waals surface area contributed by atoms with Crippen LogP contribution in [0.1, 0.15) is 12.0 Å². The third-order valence-corrected chi connectivity index (χ3v) is 2.26. The van der Waals surface area contributed by atoms with E-state index < -0.39 is 7.05 Å². The highest BCUT2D eigenvalue weighted by Crippen LogP contribution is 2.17. The molecule has 2 rings (SSSR count). The van der Waals surface area contributed by atoms with E-state index in [0.717, 1.165) is 5.56 Å². The molecule has 0 spiro atoms. The van der Waals surface area contributed by atoms with Gasteiger partial charge in [-0.3, -0.25) is 4.79 Å². The number of nitroso groups, excluding NO2 is 1. The Kier molecular flexibility index (Phi) is 2.46. The molecule has 1 aliphatic heterocycles. The van der Waals surface area contributed by atoms with E-state index in [0.29, 0.717) is 24.1 Å². The van der Waals surface area contributed by atoms with Gasteiger partial charge in [-0.25, -0.2) is 4.98 Å². The maximum absolute atomic E-state index is 11.0. The van der Waals surface area contributed by atoms with Crippen LogP contribution in [0.2, 0.25) is 0 Å². The molecule has 6 nitrogen and oxygen atoms in total. The van der Waals surface area contributed by atoms with Gasteiger partial charge in [0, 0.05) is 12.6 Å². The monoisotopic (exact) mass is 205 g/mol. The molecule has 0 aliphatic carbocycles. The van der Waals surface area contributed by atoms with Crippen LogP contribution >= 0.6 is 0 Å². The molecule has 0 aromatic carbocycles. The number of amides is 1. The number of nitrogens with one attached hydrogen (secondary N) is 1. The van der Waals surface area contributed by atoms with E-state index in [1.165, 1.54) is 6.20 Å². The average molecular weight is 205 g/mol. The van der Waals surface area contributed by atoms with Gasteiger partial charge in [-0.1, -0.05) is 11.2 Å². The van der Waals surface area contributed by atoms with Crippen molar-refractivity contribution >= 4 is 24.2 Å². The Balaban J connectivity index is 2.34. The van der Waals surface area contributed by atoms with Gasteiger partial charge >= 0.3 is 7.05 Å².